The highest BCUT2D eigenvalue weighted by Gasteiger charge is 2.27. The van der Waals surface area contributed by atoms with E-state index < -0.39 is 6.10 Å². The Hall–Kier alpha value is -1.57. The fraction of sp³-hybridized carbons (Fsp3) is 0.562. The van der Waals surface area contributed by atoms with Crippen molar-refractivity contribution < 1.29 is 5.11 Å². The molecule has 4 nitrogen and oxygen atoms in total. The van der Waals surface area contributed by atoms with E-state index in [1.807, 2.05) is 12.1 Å². The molecule has 0 aliphatic carbocycles. The van der Waals surface area contributed by atoms with E-state index >= 15 is 0 Å². The van der Waals surface area contributed by atoms with Gasteiger partial charge in [0.25, 0.3) is 0 Å². The summed E-state index contributed by atoms with van der Waals surface area (Å²) in [6.07, 6.45) is 1.81. The standard InChI is InChI=1S/C16H23N3O/c1-12(20)15-7-6-13(10-17)9-16(15)19-8-4-5-14(19)11-18(2)3/h6-7,9,12,14,20H,4-5,8,11H2,1-3H3. The summed E-state index contributed by atoms with van der Waals surface area (Å²) >= 11 is 0. The van der Waals surface area contributed by atoms with Gasteiger partial charge >= 0.3 is 0 Å². The molecule has 1 heterocycles. The van der Waals surface area contributed by atoms with Crippen molar-refractivity contribution in [3.63, 3.8) is 0 Å². The second kappa shape index (κ2) is 6.25. The molecule has 4 heteroatoms. The molecular formula is C16H23N3O. The predicted octanol–water partition coefficient (Wildman–Crippen LogP) is 2.14. The van der Waals surface area contributed by atoms with Crippen molar-refractivity contribution >= 4 is 5.69 Å². The molecule has 2 atom stereocenters. The first-order valence-corrected chi connectivity index (χ1v) is 7.16. The predicted molar refractivity (Wildman–Crippen MR) is 80.7 cm³/mol. The fourth-order valence-corrected chi connectivity index (χ4v) is 2.98. The summed E-state index contributed by atoms with van der Waals surface area (Å²) in [6.45, 7) is 3.77. The van der Waals surface area contributed by atoms with Crippen LogP contribution >= 0.6 is 0 Å². The maximum Gasteiger partial charge on any atom is 0.0992 e. The van der Waals surface area contributed by atoms with E-state index in [0.717, 1.165) is 37.2 Å². The van der Waals surface area contributed by atoms with Gasteiger partial charge in [0.05, 0.1) is 17.7 Å². The average Bonchev–Trinajstić information content (AvgIpc) is 2.85. The Labute approximate surface area is 121 Å². The zero-order chi connectivity index (χ0) is 14.7. The van der Waals surface area contributed by atoms with Gasteiger partial charge < -0.3 is 14.9 Å². The van der Waals surface area contributed by atoms with Crippen LogP contribution in [0, 0.1) is 11.3 Å². The summed E-state index contributed by atoms with van der Waals surface area (Å²) in [6, 6.07) is 8.22. The molecule has 0 saturated carbocycles. The van der Waals surface area contributed by atoms with Crippen molar-refractivity contribution in [2.45, 2.75) is 31.9 Å². The highest BCUT2D eigenvalue weighted by atomic mass is 16.3. The summed E-state index contributed by atoms with van der Waals surface area (Å²) in [5, 5.41) is 19.1. The number of nitriles is 1. The molecule has 1 aromatic carbocycles. The Balaban J connectivity index is 2.36. The van der Waals surface area contributed by atoms with Gasteiger partial charge in [0.15, 0.2) is 0 Å². The van der Waals surface area contributed by atoms with Gasteiger partial charge in [-0.2, -0.15) is 5.26 Å². The Kier molecular flexibility index (Phi) is 4.64. The molecule has 0 radical (unpaired) electrons. The molecule has 0 bridgehead atoms. The molecule has 20 heavy (non-hydrogen) atoms. The molecule has 1 aliphatic heterocycles. The van der Waals surface area contributed by atoms with Gasteiger partial charge in [-0.15, -0.1) is 0 Å². The van der Waals surface area contributed by atoms with Crippen LogP contribution in [-0.4, -0.2) is 43.2 Å². The average molecular weight is 273 g/mol. The van der Waals surface area contributed by atoms with E-state index in [-0.39, 0.29) is 0 Å². The molecule has 0 spiro atoms. The third kappa shape index (κ3) is 3.12. The van der Waals surface area contributed by atoms with Crippen molar-refractivity contribution in [3.8, 4) is 6.07 Å². The number of aliphatic hydroxyl groups excluding tert-OH is 1. The van der Waals surface area contributed by atoms with Crippen LogP contribution in [0.5, 0.6) is 0 Å². The first-order valence-electron chi connectivity index (χ1n) is 7.16. The number of anilines is 1. The van der Waals surface area contributed by atoms with Crippen molar-refractivity contribution in [2.24, 2.45) is 0 Å². The van der Waals surface area contributed by atoms with Gasteiger partial charge in [-0.25, -0.2) is 0 Å². The SMILES string of the molecule is CC(O)c1ccc(C#N)cc1N1CCCC1CN(C)C. The van der Waals surface area contributed by atoms with Crippen molar-refractivity contribution in [2.75, 3.05) is 32.1 Å². The zero-order valence-corrected chi connectivity index (χ0v) is 12.5. The second-order valence-electron chi connectivity index (χ2n) is 5.81. The summed E-state index contributed by atoms with van der Waals surface area (Å²) in [5.41, 5.74) is 2.58. The van der Waals surface area contributed by atoms with Crippen LogP contribution in [0.25, 0.3) is 0 Å². The van der Waals surface area contributed by atoms with E-state index in [1.54, 1.807) is 13.0 Å². The summed E-state index contributed by atoms with van der Waals surface area (Å²) in [5.74, 6) is 0. The monoisotopic (exact) mass is 273 g/mol. The van der Waals surface area contributed by atoms with Crippen LogP contribution in [0.1, 0.15) is 37.0 Å². The molecular weight excluding hydrogens is 250 g/mol. The van der Waals surface area contributed by atoms with Crippen LogP contribution in [0.15, 0.2) is 18.2 Å². The third-order valence-electron chi connectivity index (χ3n) is 3.87. The molecule has 108 valence electrons. The quantitative estimate of drug-likeness (QED) is 0.913. The normalized spacial score (nSPS) is 20.2. The van der Waals surface area contributed by atoms with Crippen LogP contribution in [0.4, 0.5) is 5.69 Å². The van der Waals surface area contributed by atoms with Crippen LogP contribution < -0.4 is 4.90 Å². The molecule has 1 saturated heterocycles. The van der Waals surface area contributed by atoms with Crippen LogP contribution in [-0.2, 0) is 0 Å². The molecule has 1 N–H and O–H groups in total. The minimum Gasteiger partial charge on any atom is -0.389 e. The van der Waals surface area contributed by atoms with Gasteiger partial charge in [0, 0.05) is 30.4 Å². The van der Waals surface area contributed by atoms with E-state index in [2.05, 4.69) is 30.0 Å². The number of hydrogen-bond donors (Lipinski definition) is 1. The van der Waals surface area contributed by atoms with Crippen LogP contribution in [0.3, 0.4) is 0 Å². The third-order valence-corrected chi connectivity index (χ3v) is 3.87. The van der Waals surface area contributed by atoms with Crippen molar-refractivity contribution in [1.29, 1.82) is 5.26 Å². The Bertz CT molecular complexity index is 505. The van der Waals surface area contributed by atoms with E-state index in [0.29, 0.717) is 11.6 Å². The number of likely N-dealkylation sites (N-methyl/N-ethyl adjacent to an activating group) is 1. The maximum atomic E-state index is 9.98. The molecule has 1 aromatic rings. The number of rotatable bonds is 4. The zero-order valence-electron chi connectivity index (χ0n) is 12.5. The highest BCUT2D eigenvalue weighted by Crippen LogP contribution is 2.33. The van der Waals surface area contributed by atoms with E-state index in [9.17, 15) is 5.11 Å². The summed E-state index contributed by atoms with van der Waals surface area (Å²) in [7, 11) is 4.16. The molecule has 0 aromatic heterocycles. The molecule has 2 rings (SSSR count). The highest BCUT2D eigenvalue weighted by molar-refractivity contribution is 5.59. The largest absolute Gasteiger partial charge is 0.389 e. The lowest BCUT2D eigenvalue weighted by molar-refractivity contribution is 0.199. The lowest BCUT2D eigenvalue weighted by Crippen LogP contribution is -2.38. The van der Waals surface area contributed by atoms with Crippen LogP contribution in [0.2, 0.25) is 0 Å². The van der Waals surface area contributed by atoms with Gasteiger partial charge in [0.1, 0.15) is 0 Å². The van der Waals surface area contributed by atoms with Gasteiger partial charge in [-0.3, -0.25) is 0 Å². The molecule has 1 aliphatic rings. The van der Waals surface area contributed by atoms with Gasteiger partial charge in [-0.05, 0) is 46.0 Å². The minimum absolute atomic E-state index is 0.455. The summed E-state index contributed by atoms with van der Waals surface area (Å²) < 4.78 is 0. The number of nitrogens with zero attached hydrogens (tertiary/aromatic N) is 3. The Morgan fingerprint density at radius 1 is 1.50 bits per heavy atom. The van der Waals surface area contributed by atoms with Crippen molar-refractivity contribution in [3.05, 3.63) is 29.3 Å². The first kappa shape index (κ1) is 14.8. The summed E-state index contributed by atoms with van der Waals surface area (Å²) in [4.78, 5) is 4.54. The lowest BCUT2D eigenvalue weighted by Gasteiger charge is -2.31. The fourth-order valence-electron chi connectivity index (χ4n) is 2.98. The second-order valence-corrected chi connectivity index (χ2v) is 5.81. The Morgan fingerprint density at radius 3 is 2.85 bits per heavy atom. The van der Waals surface area contributed by atoms with Crippen molar-refractivity contribution in [1.82, 2.24) is 4.90 Å². The number of aliphatic hydroxyl groups is 1. The number of benzene rings is 1. The smallest absolute Gasteiger partial charge is 0.0992 e. The molecule has 1 fully saturated rings. The lowest BCUT2D eigenvalue weighted by atomic mass is 10.0. The minimum atomic E-state index is -0.515. The van der Waals surface area contributed by atoms with Gasteiger partial charge in [0.2, 0.25) is 0 Å². The molecule has 0 amide bonds. The van der Waals surface area contributed by atoms with E-state index in [1.165, 1.54) is 0 Å². The Morgan fingerprint density at radius 2 is 2.25 bits per heavy atom. The maximum absolute atomic E-state index is 9.98. The van der Waals surface area contributed by atoms with E-state index in [4.69, 9.17) is 5.26 Å². The number of hydrogen-bond acceptors (Lipinski definition) is 4. The first-order chi connectivity index (χ1) is 9.52. The molecule has 2 unspecified atom stereocenters. The topological polar surface area (TPSA) is 50.5 Å². The van der Waals surface area contributed by atoms with Gasteiger partial charge in [-0.1, -0.05) is 6.07 Å².